The van der Waals surface area contributed by atoms with Crippen LogP contribution < -0.4 is 5.32 Å². The van der Waals surface area contributed by atoms with Crippen LogP contribution in [0.3, 0.4) is 0 Å². The van der Waals surface area contributed by atoms with Crippen molar-refractivity contribution in [2.75, 3.05) is 31.1 Å². The van der Waals surface area contributed by atoms with Crippen LogP contribution in [0, 0.1) is 5.92 Å². The standard InChI is InChI=1S/C14H28N2O2S/c1-3-7-15-12(2)13-5-4-8-16(10-13)14-6-9-19(17,18)11-14/h12-15H,3-11H2,1-2H3. The van der Waals surface area contributed by atoms with Gasteiger partial charge in [-0.3, -0.25) is 4.90 Å². The van der Waals surface area contributed by atoms with Crippen LogP contribution in [-0.2, 0) is 9.84 Å². The van der Waals surface area contributed by atoms with Crippen LogP contribution in [0.2, 0.25) is 0 Å². The van der Waals surface area contributed by atoms with Crippen molar-refractivity contribution >= 4 is 9.84 Å². The molecular weight excluding hydrogens is 260 g/mol. The van der Waals surface area contributed by atoms with Crippen molar-refractivity contribution in [2.24, 2.45) is 5.92 Å². The summed E-state index contributed by atoms with van der Waals surface area (Å²) in [5, 5.41) is 3.58. The van der Waals surface area contributed by atoms with E-state index >= 15 is 0 Å². The molecule has 1 N–H and O–H groups in total. The lowest BCUT2D eigenvalue weighted by atomic mass is 9.90. The van der Waals surface area contributed by atoms with Gasteiger partial charge >= 0.3 is 0 Å². The third-order valence-corrected chi connectivity index (χ3v) is 6.39. The number of piperidine rings is 1. The average molecular weight is 288 g/mol. The maximum Gasteiger partial charge on any atom is 0.151 e. The van der Waals surface area contributed by atoms with Gasteiger partial charge in [0.25, 0.3) is 0 Å². The summed E-state index contributed by atoms with van der Waals surface area (Å²) in [6, 6.07) is 0.826. The molecule has 0 saturated carbocycles. The van der Waals surface area contributed by atoms with Gasteiger partial charge in [-0.1, -0.05) is 6.92 Å². The molecule has 2 aliphatic rings. The number of nitrogens with zero attached hydrogens (tertiary/aromatic N) is 1. The van der Waals surface area contributed by atoms with Gasteiger partial charge in [0.1, 0.15) is 0 Å². The van der Waals surface area contributed by atoms with E-state index in [4.69, 9.17) is 0 Å². The fourth-order valence-corrected chi connectivity index (χ4v) is 5.14. The summed E-state index contributed by atoms with van der Waals surface area (Å²) >= 11 is 0. The second kappa shape index (κ2) is 6.55. The lowest BCUT2D eigenvalue weighted by Gasteiger charge is -2.39. The molecule has 2 fully saturated rings. The zero-order valence-electron chi connectivity index (χ0n) is 12.3. The molecule has 0 aromatic carbocycles. The fraction of sp³-hybridized carbons (Fsp3) is 1.00. The third-order valence-electron chi connectivity index (χ3n) is 4.64. The number of sulfone groups is 1. The first-order valence-electron chi connectivity index (χ1n) is 7.69. The molecular formula is C14H28N2O2S. The molecule has 0 aromatic heterocycles. The van der Waals surface area contributed by atoms with E-state index in [2.05, 4.69) is 24.1 Å². The van der Waals surface area contributed by atoms with Crippen LogP contribution >= 0.6 is 0 Å². The van der Waals surface area contributed by atoms with Crippen LogP contribution in [0.15, 0.2) is 0 Å². The van der Waals surface area contributed by atoms with E-state index in [9.17, 15) is 8.42 Å². The van der Waals surface area contributed by atoms with Crippen molar-refractivity contribution in [3.05, 3.63) is 0 Å². The zero-order valence-corrected chi connectivity index (χ0v) is 13.1. The molecule has 0 bridgehead atoms. The first-order valence-corrected chi connectivity index (χ1v) is 9.52. The Labute approximate surface area is 117 Å². The lowest BCUT2D eigenvalue weighted by molar-refractivity contribution is 0.117. The monoisotopic (exact) mass is 288 g/mol. The summed E-state index contributed by atoms with van der Waals surface area (Å²) in [5.74, 6) is 1.45. The molecule has 4 nitrogen and oxygen atoms in total. The quantitative estimate of drug-likeness (QED) is 0.828. The molecule has 2 saturated heterocycles. The van der Waals surface area contributed by atoms with Crippen LogP contribution in [0.1, 0.15) is 39.5 Å². The van der Waals surface area contributed by atoms with Crippen molar-refractivity contribution in [3.63, 3.8) is 0 Å². The number of rotatable bonds is 5. The Morgan fingerprint density at radius 3 is 2.79 bits per heavy atom. The molecule has 112 valence electrons. The molecule has 19 heavy (non-hydrogen) atoms. The maximum absolute atomic E-state index is 11.6. The minimum Gasteiger partial charge on any atom is -0.314 e. The highest BCUT2D eigenvalue weighted by atomic mass is 32.2. The smallest absolute Gasteiger partial charge is 0.151 e. The second-order valence-corrected chi connectivity index (χ2v) is 8.43. The Morgan fingerprint density at radius 2 is 2.16 bits per heavy atom. The summed E-state index contributed by atoms with van der Waals surface area (Å²) in [4.78, 5) is 2.43. The number of hydrogen-bond donors (Lipinski definition) is 1. The van der Waals surface area contributed by atoms with Gasteiger partial charge in [-0.25, -0.2) is 8.42 Å². The van der Waals surface area contributed by atoms with E-state index in [1.807, 2.05) is 0 Å². The molecule has 2 aliphatic heterocycles. The van der Waals surface area contributed by atoms with Gasteiger partial charge in [-0.15, -0.1) is 0 Å². The van der Waals surface area contributed by atoms with Crippen LogP contribution in [-0.4, -0.2) is 56.5 Å². The SMILES string of the molecule is CCCNC(C)C1CCCN(C2CCS(=O)(=O)C2)C1. The van der Waals surface area contributed by atoms with Gasteiger partial charge in [-0.2, -0.15) is 0 Å². The molecule has 2 heterocycles. The Bertz CT molecular complexity index is 383. The summed E-state index contributed by atoms with van der Waals surface area (Å²) in [5.41, 5.74) is 0. The highest BCUT2D eigenvalue weighted by Crippen LogP contribution is 2.26. The highest BCUT2D eigenvalue weighted by Gasteiger charge is 2.35. The Kier molecular flexibility index (Phi) is 5.26. The van der Waals surface area contributed by atoms with E-state index in [-0.39, 0.29) is 6.04 Å². The summed E-state index contributed by atoms with van der Waals surface area (Å²) in [6.45, 7) is 7.69. The highest BCUT2D eigenvalue weighted by molar-refractivity contribution is 7.91. The first kappa shape index (κ1) is 15.3. The third kappa shape index (κ3) is 4.17. The topological polar surface area (TPSA) is 49.4 Å². The molecule has 3 atom stereocenters. The van der Waals surface area contributed by atoms with Crippen molar-refractivity contribution in [2.45, 2.75) is 51.6 Å². The normalized spacial score (nSPS) is 33.4. The van der Waals surface area contributed by atoms with Crippen LogP contribution in [0.25, 0.3) is 0 Å². The van der Waals surface area contributed by atoms with Gasteiger partial charge < -0.3 is 5.32 Å². The molecule has 2 rings (SSSR count). The fourth-order valence-electron chi connectivity index (χ4n) is 3.38. The van der Waals surface area contributed by atoms with Gasteiger partial charge in [0.05, 0.1) is 11.5 Å². The number of likely N-dealkylation sites (tertiary alicyclic amines) is 1. The minimum absolute atomic E-state index is 0.283. The van der Waals surface area contributed by atoms with Crippen molar-refractivity contribution in [3.8, 4) is 0 Å². The van der Waals surface area contributed by atoms with Gasteiger partial charge in [0, 0.05) is 18.6 Å². The predicted molar refractivity (Wildman–Crippen MR) is 79.1 cm³/mol. The first-order chi connectivity index (χ1) is 9.02. The summed E-state index contributed by atoms with van der Waals surface area (Å²) in [7, 11) is -2.75. The average Bonchev–Trinajstić information content (AvgIpc) is 2.76. The second-order valence-electron chi connectivity index (χ2n) is 6.20. The van der Waals surface area contributed by atoms with Gasteiger partial charge in [-0.05, 0) is 51.6 Å². The molecule has 0 spiro atoms. The maximum atomic E-state index is 11.6. The zero-order chi connectivity index (χ0) is 13.9. The molecule has 5 heteroatoms. The van der Waals surface area contributed by atoms with Crippen LogP contribution in [0.4, 0.5) is 0 Å². The van der Waals surface area contributed by atoms with Crippen molar-refractivity contribution in [1.29, 1.82) is 0 Å². The van der Waals surface area contributed by atoms with E-state index in [0.717, 1.165) is 26.1 Å². The Morgan fingerprint density at radius 1 is 1.37 bits per heavy atom. The van der Waals surface area contributed by atoms with Gasteiger partial charge in [0.2, 0.25) is 0 Å². The lowest BCUT2D eigenvalue weighted by Crippen LogP contribution is -2.48. The molecule has 3 unspecified atom stereocenters. The Balaban J connectivity index is 1.87. The molecule has 0 amide bonds. The van der Waals surface area contributed by atoms with Crippen molar-refractivity contribution < 1.29 is 8.42 Å². The van der Waals surface area contributed by atoms with Crippen LogP contribution in [0.5, 0.6) is 0 Å². The van der Waals surface area contributed by atoms with E-state index in [1.165, 1.54) is 19.3 Å². The minimum atomic E-state index is -2.75. The number of nitrogens with one attached hydrogen (secondary N) is 1. The Hall–Kier alpha value is -0.130. The van der Waals surface area contributed by atoms with E-state index in [1.54, 1.807) is 0 Å². The molecule has 0 aliphatic carbocycles. The largest absolute Gasteiger partial charge is 0.314 e. The molecule has 0 aromatic rings. The van der Waals surface area contributed by atoms with E-state index in [0.29, 0.717) is 23.5 Å². The van der Waals surface area contributed by atoms with Gasteiger partial charge in [0.15, 0.2) is 9.84 Å². The summed E-state index contributed by atoms with van der Waals surface area (Å²) < 4.78 is 23.2. The summed E-state index contributed by atoms with van der Waals surface area (Å²) in [6.07, 6.45) is 4.49. The van der Waals surface area contributed by atoms with E-state index < -0.39 is 9.84 Å². The molecule has 0 radical (unpaired) electrons. The number of hydrogen-bond acceptors (Lipinski definition) is 4. The van der Waals surface area contributed by atoms with Crippen molar-refractivity contribution in [1.82, 2.24) is 10.2 Å². The predicted octanol–water partition coefficient (Wildman–Crippen LogP) is 1.27.